The van der Waals surface area contributed by atoms with E-state index in [0.29, 0.717) is 31.0 Å². The third kappa shape index (κ3) is 5.48. The number of amides is 1. The lowest BCUT2D eigenvalue weighted by Crippen LogP contribution is -2.51. The summed E-state index contributed by atoms with van der Waals surface area (Å²) in [5, 5.41) is 0. The standard InChI is InChI=1S/C26H33FN2O3/c1-31-25-13-7-15-29-23(25)11-4-5-14-28(19-20-8-6-9-21(27)18-20)16-17-32-24-12-3-2-10-22(24)26(29)30/h2-3,6,8-10,12,18,23,25H,4-5,7,11,13-17,19H2,1H3/t23-,25-/m1/s1. The molecule has 0 aliphatic carbocycles. The van der Waals surface area contributed by atoms with Gasteiger partial charge < -0.3 is 14.4 Å². The normalized spacial score (nSPS) is 23.2. The van der Waals surface area contributed by atoms with Crippen molar-refractivity contribution in [3.05, 3.63) is 65.5 Å². The highest BCUT2D eigenvalue weighted by molar-refractivity contribution is 5.97. The Morgan fingerprint density at radius 2 is 1.91 bits per heavy atom. The number of para-hydroxylation sites is 1. The van der Waals surface area contributed by atoms with Gasteiger partial charge in [-0.05, 0) is 62.1 Å². The van der Waals surface area contributed by atoms with E-state index in [0.717, 1.165) is 50.8 Å². The van der Waals surface area contributed by atoms with Crippen molar-refractivity contribution < 1.29 is 18.7 Å². The van der Waals surface area contributed by atoms with E-state index in [1.807, 2.05) is 35.2 Å². The third-order valence-corrected chi connectivity index (χ3v) is 6.58. The average molecular weight is 441 g/mol. The summed E-state index contributed by atoms with van der Waals surface area (Å²) < 4.78 is 25.6. The van der Waals surface area contributed by atoms with E-state index >= 15 is 0 Å². The Kier molecular flexibility index (Phi) is 7.76. The van der Waals surface area contributed by atoms with Crippen LogP contribution in [0.5, 0.6) is 5.75 Å². The Bertz CT molecular complexity index is 906. The van der Waals surface area contributed by atoms with Crippen molar-refractivity contribution in [1.82, 2.24) is 9.80 Å². The number of carbonyl (C=O) groups excluding carboxylic acids is 1. The minimum Gasteiger partial charge on any atom is -0.491 e. The maximum absolute atomic E-state index is 13.7. The number of benzene rings is 2. The molecule has 0 N–H and O–H groups in total. The Labute approximate surface area is 190 Å². The van der Waals surface area contributed by atoms with Gasteiger partial charge in [-0.2, -0.15) is 0 Å². The fourth-order valence-electron chi connectivity index (χ4n) is 4.95. The molecule has 1 saturated heterocycles. The van der Waals surface area contributed by atoms with E-state index in [-0.39, 0.29) is 23.9 Å². The quantitative estimate of drug-likeness (QED) is 0.704. The van der Waals surface area contributed by atoms with Gasteiger partial charge in [0.1, 0.15) is 18.2 Å². The number of ether oxygens (including phenoxy) is 2. The van der Waals surface area contributed by atoms with E-state index in [1.54, 1.807) is 19.2 Å². The molecule has 1 amide bonds. The first-order valence-electron chi connectivity index (χ1n) is 11.7. The molecule has 2 heterocycles. The number of piperidine rings is 1. The molecule has 0 aromatic heterocycles. The second-order valence-corrected chi connectivity index (χ2v) is 8.73. The van der Waals surface area contributed by atoms with Crippen LogP contribution in [0.2, 0.25) is 0 Å². The maximum atomic E-state index is 13.7. The number of halogens is 1. The molecule has 2 aliphatic heterocycles. The maximum Gasteiger partial charge on any atom is 0.257 e. The number of rotatable bonds is 3. The summed E-state index contributed by atoms with van der Waals surface area (Å²) in [4.78, 5) is 17.8. The fraction of sp³-hybridized carbons (Fsp3) is 0.500. The zero-order valence-electron chi connectivity index (χ0n) is 18.8. The molecule has 1 fully saturated rings. The van der Waals surface area contributed by atoms with E-state index in [9.17, 15) is 9.18 Å². The lowest BCUT2D eigenvalue weighted by molar-refractivity contribution is -0.0155. The van der Waals surface area contributed by atoms with E-state index in [4.69, 9.17) is 9.47 Å². The molecule has 172 valence electrons. The average Bonchev–Trinajstić information content (AvgIpc) is 2.82. The fourth-order valence-corrected chi connectivity index (χ4v) is 4.95. The molecule has 2 aromatic rings. The van der Waals surface area contributed by atoms with Crippen LogP contribution in [-0.4, -0.2) is 61.2 Å². The molecule has 0 bridgehead atoms. The summed E-state index contributed by atoms with van der Waals surface area (Å²) in [5.41, 5.74) is 1.58. The number of hydrogen-bond acceptors (Lipinski definition) is 4. The van der Waals surface area contributed by atoms with Crippen LogP contribution in [-0.2, 0) is 11.3 Å². The van der Waals surface area contributed by atoms with Crippen LogP contribution in [0.25, 0.3) is 0 Å². The van der Waals surface area contributed by atoms with Gasteiger partial charge in [-0.3, -0.25) is 9.69 Å². The zero-order valence-corrected chi connectivity index (χ0v) is 18.8. The zero-order chi connectivity index (χ0) is 22.3. The van der Waals surface area contributed by atoms with E-state index < -0.39 is 0 Å². The van der Waals surface area contributed by atoms with Crippen LogP contribution < -0.4 is 4.74 Å². The number of methoxy groups -OCH3 is 1. The van der Waals surface area contributed by atoms with Crippen LogP contribution in [0.3, 0.4) is 0 Å². The summed E-state index contributed by atoms with van der Waals surface area (Å²) in [6.07, 6.45) is 4.93. The van der Waals surface area contributed by atoms with Gasteiger partial charge in [0.25, 0.3) is 5.91 Å². The first kappa shape index (κ1) is 22.7. The molecule has 0 radical (unpaired) electrons. The van der Waals surface area contributed by atoms with Crippen LogP contribution in [0.15, 0.2) is 48.5 Å². The smallest absolute Gasteiger partial charge is 0.257 e. The minimum absolute atomic E-state index is 0.0308. The van der Waals surface area contributed by atoms with E-state index in [2.05, 4.69) is 4.90 Å². The monoisotopic (exact) mass is 440 g/mol. The van der Waals surface area contributed by atoms with Gasteiger partial charge in [-0.1, -0.05) is 30.7 Å². The SMILES string of the molecule is CO[C@@H]1CCCN2C(=O)c3ccccc3OCCN(Cc3cccc(F)c3)CCCC[C@H]12. The largest absolute Gasteiger partial charge is 0.491 e. The van der Waals surface area contributed by atoms with Crippen molar-refractivity contribution in [3.8, 4) is 5.75 Å². The lowest BCUT2D eigenvalue weighted by Gasteiger charge is -2.41. The Morgan fingerprint density at radius 1 is 1.03 bits per heavy atom. The second-order valence-electron chi connectivity index (χ2n) is 8.73. The molecular weight excluding hydrogens is 407 g/mol. The predicted molar refractivity (Wildman–Crippen MR) is 122 cm³/mol. The van der Waals surface area contributed by atoms with Crippen LogP contribution >= 0.6 is 0 Å². The first-order valence-corrected chi connectivity index (χ1v) is 11.7. The molecule has 0 spiro atoms. The van der Waals surface area contributed by atoms with Crippen molar-refractivity contribution in [1.29, 1.82) is 0 Å². The number of fused-ring (bicyclic) bond motifs is 2. The van der Waals surface area contributed by atoms with Crippen molar-refractivity contribution in [2.24, 2.45) is 0 Å². The molecule has 2 aromatic carbocycles. The highest BCUT2D eigenvalue weighted by atomic mass is 19.1. The summed E-state index contributed by atoms with van der Waals surface area (Å²) in [6, 6.07) is 14.4. The molecule has 32 heavy (non-hydrogen) atoms. The Balaban J connectivity index is 1.56. The minimum atomic E-state index is -0.208. The Morgan fingerprint density at radius 3 is 2.75 bits per heavy atom. The van der Waals surface area contributed by atoms with Gasteiger partial charge in [-0.25, -0.2) is 4.39 Å². The first-order chi connectivity index (χ1) is 15.7. The molecular formula is C26H33FN2O3. The van der Waals surface area contributed by atoms with Crippen molar-refractivity contribution in [2.45, 2.75) is 50.8 Å². The molecule has 2 atom stereocenters. The summed E-state index contributed by atoms with van der Waals surface area (Å²) in [6.45, 7) is 3.53. The summed E-state index contributed by atoms with van der Waals surface area (Å²) in [5.74, 6) is 0.448. The molecule has 0 saturated carbocycles. The van der Waals surface area contributed by atoms with Gasteiger partial charge in [0.05, 0.1) is 17.7 Å². The van der Waals surface area contributed by atoms with Gasteiger partial charge in [-0.15, -0.1) is 0 Å². The number of nitrogens with zero attached hydrogens (tertiary/aromatic N) is 2. The van der Waals surface area contributed by atoms with Gasteiger partial charge >= 0.3 is 0 Å². The topological polar surface area (TPSA) is 42.0 Å². The van der Waals surface area contributed by atoms with Crippen molar-refractivity contribution >= 4 is 5.91 Å². The highest BCUT2D eigenvalue weighted by Gasteiger charge is 2.35. The van der Waals surface area contributed by atoms with Gasteiger partial charge in [0.2, 0.25) is 0 Å². The lowest BCUT2D eigenvalue weighted by atomic mass is 9.93. The van der Waals surface area contributed by atoms with Crippen LogP contribution in [0.4, 0.5) is 4.39 Å². The van der Waals surface area contributed by atoms with Gasteiger partial charge in [0, 0.05) is 26.7 Å². The molecule has 4 rings (SSSR count). The number of carbonyl (C=O) groups is 1. The molecule has 6 heteroatoms. The van der Waals surface area contributed by atoms with Gasteiger partial charge in [0.15, 0.2) is 0 Å². The van der Waals surface area contributed by atoms with Crippen LogP contribution in [0.1, 0.15) is 48.0 Å². The molecule has 2 aliphatic rings. The molecule has 5 nitrogen and oxygen atoms in total. The second kappa shape index (κ2) is 10.9. The van der Waals surface area contributed by atoms with Crippen LogP contribution in [0, 0.1) is 5.82 Å². The Hall–Kier alpha value is -2.44. The number of hydrogen-bond donors (Lipinski definition) is 0. The summed E-state index contributed by atoms with van der Waals surface area (Å²) >= 11 is 0. The summed E-state index contributed by atoms with van der Waals surface area (Å²) in [7, 11) is 1.75. The predicted octanol–water partition coefficient (Wildman–Crippen LogP) is 4.51. The highest BCUT2D eigenvalue weighted by Crippen LogP contribution is 2.29. The van der Waals surface area contributed by atoms with Crippen molar-refractivity contribution in [2.75, 3.05) is 33.4 Å². The molecule has 0 unspecified atom stereocenters. The van der Waals surface area contributed by atoms with Crippen molar-refractivity contribution in [3.63, 3.8) is 0 Å². The van der Waals surface area contributed by atoms with E-state index in [1.165, 1.54) is 6.07 Å². The third-order valence-electron chi connectivity index (χ3n) is 6.58.